The minimum Gasteiger partial charge on any atom is -0.222 e. The molecule has 0 bridgehead atoms. The quantitative estimate of drug-likeness (QED) is 0.678. The number of aromatic nitrogens is 1. The molecule has 1 aromatic rings. The summed E-state index contributed by atoms with van der Waals surface area (Å²) >= 11 is 0. The van der Waals surface area contributed by atoms with Crippen molar-refractivity contribution < 1.29 is 12.8 Å². The molecule has 0 radical (unpaired) electrons. The predicted octanol–water partition coefficient (Wildman–Crippen LogP) is 1.19. The summed E-state index contributed by atoms with van der Waals surface area (Å²) in [6.45, 7) is 1.78. The highest BCUT2D eigenvalue weighted by atomic mass is 32.2. The van der Waals surface area contributed by atoms with Gasteiger partial charge >= 0.3 is 0 Å². The average Bonchev–Trinajstić information content (AvgIpc) is 2.02. The smallest absolute Gasteiger partial charge is 0.217 e. The molecule has 1 aromatic heterocycles. The van der Waals surface area contributed by atoms with Crippen LogP contribution in [0, 0.1) is 5.95 Å². The molecule has 0 N–H and O–H groups in total. The SMILES string of the molecule is CCc1ccc(S(C)(=O)=O)nc1F. The Kier molecular flexibility index (Phi) is 2.66. The highest BCUT2D eigenvalue weighted by Gasteiger charge is 2.11. The summed E-state index contributed by atoms with van der Waals surface area (Å²) in [7, 11) is -3.40. The fraction of sp³-hybridized carbons (Fsp3) is 0.375. The fourth-order valence-corrected chi connectivity index (χ4v) is 1.48. The van der Waals surface area contributed by atoms with Gasteiger partial charge in [-0.3, -0.25) is 0 Å². The molecule has 0 aliphatic rings. The summed E-state index contributed by atoms with van der Waals surface area (Å²) in [6.07, 6.45) is 1.50. The average molecular weight is 203 g/mol. The van der Waals surface area contributed by atoms with Gasteiger partial charge in [-0.1, -0.05) is 13.0 Å². The summed E-state index contributed by atoms with van der Waals surface area (Å²) in [5, 5.41) is -0.220. The van der Waals surface area contributed by atoms with Crippen molar-refractivity contribution in [3.8, 4) is 0 Å². The van der Waals surface area contributed by atoms with Crippen LogP contribution in [0.25, 0.3) is 0 Å². The monoisotopic (exact) mass is 203 g/mol. The molecule has 0 spiro atoms. The number of rotatable bonds is 2. The number of nitrogens with zero attached hydrogens (tertiary/aromatic N) is 1. The molecule has 0 aliphatic carbocycles. The van der Waals surface area contributed by atoms with Crippen LogP contribution < -0.4 is 0 Å². The molecular formula is C8H10FNO2S. The predicted molar refractivity (Wildman–Crippen MR) is 46.7 cm³/mol. The third kappa shape index (κ3) is 2.24. The van der Waals surface area contributed by atoms with E-state index in [-0.39, 0.29) is 5.03 Å². The van der Waals surface area contributed by atoms with Crippen molar-refractivity contribution in [1.29, 1.82) is 0 Å². The van der Waals surface area contributed by atoms with Crippen LogP contribution in [-0.2, 0) is 16.3 Å². The van der Waals surface area contributed by atoms with E-state index in [1.807, 2.05) is 0 Å². The highest BCUT2D eigenvalue weighted by Crippen LogP contribution is 2.10. The van der Waals surface area contributed by atoms with Crippen LogP contribution in [0.15, 0.2) is 17.2 Å². The Hall–Kier alpha value is -0.970. The summed E-state index contributed by atoms with van der Waals surface area (Å²) < 4.78 is 34.9. The van der Waals surface area contributed by atoms with Crippen LogP contribution in [0.5, 0.6) is 0 Å². The molecule has 1 rings (SSSR count). The first kappa shape index (κ1) is 10.1. The van der Waals surface area contributed by atoms with Gasteiger partial charge in [0.25, 0.3) is 0 Å². The zero-order valence-electron chi connectivity index (χ0n) is 7.41. The second kappa shape index (κ2) is 3.41. The molecule has 1 heterocycles. The van der Waals surface area contributed by atoms with Gasteiger partial charge in [0.15, 0.2) is 14.9 Å². The summed E-state index contributed by atoms with van der Waals surface area (Å²) in [5.74, 6) is -0.703. The van der Waals surface area contributed by atoms with Gasteiger partial charge < -0.3 is 0 Å². The van der Waals surface area contributed by atoms with Crippen LogP contribution in [0.1, 0.15) is 12.5 Å². The second-order valence-corrected chi connectivity index (χ2v) is 4.69. The molecule has 0 fully saturated rings. The van der Waals surface area contributed by atoms with Gasteiger partial charge in [0.2, 0.25) is 5.95 Å². The number of hydrogen-bond donors (Lipinski definition) is 0. The molecule has 5 heteroatoms. The third-order valence-corrected chi connectivity index (χ3v) is 2.65. The fourth-order valence-electron chi connectivity index (χ4n) is 0.917. The normalized spacial score (nSPS) is 11.6. The van der Waals surface area contributed by atoms with E-state index in [0.29, 0.717) is 12.0 Å². The van der Waals surface area contributed by atoms with Gasteiger partial charge in [-0.25, -0.2) is 13.4 Å². The maximum absolute atomic E-state index is 13.0. The molecule has 0 amide bonds. The minimum absolute atomic E-state index is 0.220. The van der Waals surface area contributed by atoms with E-state index in [4.69, 9.17) is 0 Å². The van der Waals surface area contributed by atoms with Gasteiger partial charge in [0.1, 0.15) is 0 Å². The summed E-state index contributed by atoms with van der Waals surface area (Å²) in [4.78, 5) is 3.36. The molecule has 0 saturated heterocycles. The first-order valence-electron chi connectivity index (χ1n) is 3.80. The van der Waals surface area contributed by atoms with Crippen LogP contribution in [0.3, 0.4) is 0 Å². The van der Waals surface area contributed by atoms with Gasteiger partial charge in [-0.15, -0.1) is 0 Å². The summed E-state index contributed by atoms with van der Waals surface area (Å²) in [5.41, 5.74) is 0.424. The Morgan fingerprint density at radius 2 is 2.08 bits per heavy atom. The van der Waals surface area contributed by atoms with E-state index >= 15 is 0 Å². The first-order valence-corrected chi connectivity index (χ1v) is 5.69. The van der Waals surface area contributed by atoms with Crippen molar-refractivity contribution in [2.45, 2.75) is 18.4 Å². The van der Waals surface area contributed by atoms with E-state index in [0.717, 1.165) is 6.26 Å². The van der Waals surface area contributed by atoms with Crippen LogP contribution in [-0.4, -0.2) is 19.7 Å². The van der Waals surface area contributed by atoms with Crippen molar-refractivity contribution in [3.05, 3.63) is 23.6 Å². The Bertz CT molecular complexity index is 414. The molecule has 3 nitrogen and oxygen atoms in total. The Balaban J connectivity index is 3.26. The Morgan fingerprint density at radius 3 is 2.46 bits per heavy atom. The molecule has 13 heavy (non-hydrogen) atoms. The topological polar surface area (TPSA) is 47.0 Å². The van der Waals surface area contributed by atoms with Gasteiger partial charge in [0, 0.05) is 11.8 Å². The number of sulfone groups is 1. The van der Waals surface area contributed by atoms with E-state index in [1.54, 1.807) is 6.92 Å². The van der Waals surface area contributed by atoms with Crippen molar-refractivity contribution in [1.82, 2.24) is 4.98 Å². The molecule has 72 valence electrons. The standard InChI is InChI=1S/C8H10FNO2S/c1-3-6-4-5-7(10-8(6)9)13(2,11)12/h4-5H,3H2,1-2H3. The molecule has 0 aromatic carbocycles. The molecule has 0 unspecified atom stereocenters. The zero-order valence-corrected chi connectivity index (χ0v) is 8.23. The van der Waals surface area contributed by atoms with Crippen molar-refractivity contribution in [3.63, 3.8) is 0 Å². The highest BCUT2D eigenvalue weighted by molar-refractivity contribution is 7.90. The third-order valence-electron chi connectivity index (χ3n) is 1.66. The maximum atomic E-state index is 13.0. The van der Waals surface area contributed by atoms with Crippen molar-refractivity contribution >= 4 is 9.84 Å². The lowest BCUT2D eigenvalue weighted by Gasteiger charge is -2.00. The lowest BCUT2D eigenvalue weighted by atomic mass is 10.2. The Morgan fingerprint density at radius 1 is 1.46 bits per heavy atom. The van der Waals surface area contributed by atoms with E-state index < -0.39 is 15.8 Å². The maximum Gasteiger partial charge on any atom is 0.217 e. The lowest BCUT2D eigenvalue weighted by molar-refractivity contribution is 0.547. The van der Waals surface area contributed by atoms with Gasteiger partial charge in [-0.05, 0) is 12.5 Å². The van der Waals surface area contributed by atoms with E-state index in [2.05, 4.69) is 4.98 Å². The molecule has 0 saturated carbocycles. The second-order valence-electron chi connectivity index (χ2n) is 2.73. The minimum atomic E-state index is -3.40. The molecular weight excluding hydrogens is 193 g/mol. The van der Waals surface area contributed by atoms with Crippen molar-refractivity contribution in [2.24, 2.45) is 0 Å². The number of aryl methyl sites for hydroxylation is 1. The van der Waals surface area contributed by atoms with Gasteiger partial charge in [-0.2, -0.15) is 4.39 Å². The van der Waals surface area contributed by atoms with E-state index in [9.17, 15) is 12.8 Å². The van der Waals surface area contributed by atoms with Gasteiger partial charge in [0.05, 0.1) is 0 Å². The lowest BCUT2D eigenvalue weighted by Crippen LogP contribution is -2.03. The van der Waals surface area contributed by atoms with Crippen molar-refractivity contribution in [2.75, 3.05) is 6.26 Å². The first-order chi connectivity index (χ1) is 5.95. The number of halogens is 1. The Labute approximate surface area is 76.5 Å². The van der Waals surface area contributed by atoms with E-state index in [1.165, 1.54) is 12.1 Å². The largest absolute Gasteiger partial charge is 0.222 e. The zero-order chi connectivity index (χ0) is 10.1. The number of pyridine rings is 1. The van der Waals surface area contributed by atoms with Crippen LogP contribution >= 0.6 is 0 Å². The molecule has 0 aliphatic heterocycles. The van der Waals surface area contributed by atoms with Crippen LogP contribution in [0.4, 0.5) is 4.39 Å². The summed E-state index contributed by atoms with van der Waals surface area (Å²) in [6, 6.07) is 2.76. The number of hydrogen-bond acceptors (Lipinski definition) is 3. The molecule has 0 atom stereocenters. The van der Waals surface area contributed by atoms with Crippen LogP contribution in [0.2, 0.25) is 0 Å².